The lowest BCUT2D eigenvalue weighted by Gasteiger charge is -2.23. The number of anilines is 1. The Morgan fingerprint density at radius 1 is 0.852 bits per heavy atom. The maximum absolute atomic E-state index is 13.3. The molecule has 1 amide bonds. The lowest BCUT2D eigenvalue weighted by molar-refractivity contribution is -0.118. The zero-order valence-corrected chi connectivity index (χ0v) is 15.4. The fourth-order valence-electron chi connectivity index (χ4n) is 3.52. The summed E-state index contributed by atoms with van der Waals surface area (Å²) < 4.78 is 2.09. The average Bonchev–Trinajstić information content (AvgIpc) is 3.03. The fraction of sp³-hybridized carbons (Fsp3) is 0.125. The predicted molar refractivity (Wildman–Crippen MR) is 111 cm³/mol. The standard InChI is InChI=1S/C24H22N2O/c1-25-18-20(22-14-8-9-15-23(22)25)16-24(27)26(21-12-6-3-7-13-21)17-19-10-4-2-5-11-19/h2-15,18H,16-17H2,1H3. The van der Waals surface area contributed by atoms with Crippen molar-refractivity contribution in [1.29, 1.82) is 0 Å². The van der Waals surface area contributed by atoms with E-state index in [2.05, 4.69) is 35.0 Å². The monoisotopic (exact) mass is 354 g/mol. The topological polar surface area (TPSA) is 25.2 Å². The van der Waals surface area contributed by atoms with Crippen LogP contribution in [0.1, 0.15) is 11.1 Å². The minimum Gasteiger partial charge on any atom is -0.350 e. The molecule has 3 aromatic carbocycles. The van der Waals surface area contributed by atoms with Gasteiger partial charge in [0.2, 0.25) is 5.91 Å². The van der Waals surface area contributed by atoms with Crippen molar-refractivity contribution in [2.24, 2.45) is 7.05 Å². The first-order valence-electron chi connectivity index (χ1n) is 9.14. The van der Waals surface area contributed by atoms with Crippen LogP contribution in [0.15, 0.2) is 91.1 Å². The molecule has 1 heterocycles. The van der Waals surface area contributed by atoms with Crippen molar-refractivity contribution in [3.63, 3.8) is 0 Å². The van der Waals surface area contributed by atoms with Crippen molar-refractivity contribution in [3.8, 4) is 0 Å². The van der Waals surface area contributed by atoms with Crippen molar-refractivity contribution in [2.75, 3.05) is 4.90 Å². The van der Waals surface area contributed by atoms with Crippen molar-refractivity contribution in [1.82, 2.24) is 4.57 Å². The Labute approximate surface area is 159 Å². The largest absolute Gasteiger partial charge is 0.350 e. The summed E-state index contributed by atoms with van der Waals surface area (Å²) in [7, 11) is 2.02. The van der Waals surface area contributed by atoms with E-state index < -0.39 is 0 Å². The molecule has 0 fully saturated rings. The molecule has 0 aliphatic heterocycles. The molecule has 0 unspecified atom stereocenters. The van der Waals surface area contributed by atoms with Gasteiger partial charge in [0, 0.05) is 29.8 Å². The van der Waals surface area contributed by atoms with Crippen LogP contribution in [0.5, 0.6) is 0 Å². The number of amides is 1. The molecule has 0 atom stereocenters. The molecule has 0 saturated carbocycles. The normalized spacial score (nSPS) is 10.9. The number of fused-ring (bicyclic) bond motifs is 1. The van der Waals surface area contributed by atoms with Crippen molar-refractivity contribution < 1.29 is 4.79 Å². The first kappa shape index (κ1) is 17.1. The van der Waals surface area contributed by atoms with Crippen molar-refractivity contribution in [3.05, 3.63) is 102 Å². The summed E-state index contributed by atoms with van der Waals surface area (Å²) in [5, 5.41) is 1.14. The third-order valence-corrected chi connectivity index (χ3v) is 4.87. The summed E-state index contributed by atoms with van der Waals surface area (Å²) in [6.45, 7) is 0.564. The van der Waals surface area contributed by atoms with Crippen LogP contribution in [0.3, 0.4) is 0 Å². The lowest BCUT2D eigenvalue weighted by atomic mass is 10.1. The number of aryl methyl sites for hydroxylation is 1. The van der Waals surface area contributed by atoms with E-state index in [1.807, 2.05) is 72.6 Å². The minimum absolute atomic E-state index is 0.0985. The number of para-hydroxylation sites is 2. The van der Waals surface area contributed by atoms with Crippen LogP contribution in [0.2, 0.25) is 0 Å². The van der Waals surface area contributed by atoms with E-state index in [-0.39, 0.29) is 5.91 Å². The summed E-state index contributed by atoms with van der Waals surface area (Å²) in [4.78, 5) is 15.2. The van der Waals surface area contributed by atoms with Gasteiger partial charge < -0.3 is 9.47 Å². The Bertz CT molecular complexity index is 1050. The summed E-state index contributed by atoms with van der Waals surface area (Å²) >= 11 is 0. The fourth-order valence-corrected chi connectivity index (χ4v) is 3.52. The molecule has 27 heavy (non-hydrogen) atoms. The van der Waals surface area contributed by atoms with Crippen LogP contribution < -0.4 is 4.90 Å². The number of carbonyl (C=O) groups excluding carboxylic acids is 1. The first-order valence-corrected chi connectivity index (χ1v) is 9.14. The van der Waals surface area contributed by atoms with E-state index in [1.165, 1.54) is 0 Å². The third-order valence-electron chi connectivity index (χ3n) is 4.87. The Hall–Kier alpha value is -3.33. The van der Waals surface area contributed by atoms with Crippen LogP contribution in [0.4, 0.5) is 5.69 Å². The second-order valence-electron chi connectivity index (χ2n) is 6.76. The number of hydrogen-bond donors (Lipinski definition) is 0. The highest BCUT2D eigenvalue weighted by Crippen LogP contribution is 2.23. The SMILES string of the molecule is Cn1cc(CC(=O)N(Cc2ccccc2)c2ccccc2)c2ccccc21. The molecule has 0 radical (unpaired) electrons. The summed E-state index contributed by atoms with van der Waals surface area (Å²) in [5.74, 6) is 0.0985. The zero-order chi connectivity index (χ0) is 18.6. The second-order valence-corrected chi connectivity index (χ2v) is 6.76. The van der Waals surface area contributed by atoms with Gasteiger partial charge in [0.05, 0.1) is 13.0 Å². The molecular weight excluding hydrogens is 332 g/mol. The molecule has 0 aliphatic rings. The molecule has 1 aromatic heterocycles. The second kappa shape index (κ2) is 7.50. The molecule has 4 rings (SSSR count). The van der Waals surface area contributed by atoms with Gasteiger partial charge in [-0.2, -0.15) is 0 Å². The third kappa shape index (κ3) is 3.63. The quantitative estimate of drug-likeness (QED) is 0.497. The molecule has 134 valence electrons. The summed E-state index contributed by atoms with van der Waals surface area (Å²) in [5.41, 5.74) is 4.25. The van der Waals surface area contributed by atoms with Gasteiger partial charge in [0.25, 0.3) is 0 Å². The predicted octanol–water partition coefficient (Wildman–Crippen LogP) is 4.95. The van der Waals surface area contributed by atoms with Crippen molar-refractivity contribution >= 4 is 22.5 Å². The highest BCUT2D eigenvalue weighted by Gasteiger charge is 2.18. The van der Waals surface area contributed by atoms with Crippen LogP contribution in [0, 0.1) is 0 Å². The first-order chi connectivity index (χ1) is 13.2. The summed E-state index contributed by atoms with van der Waals surface area (Å²) in [6.07, 6.45) is 2.44. The molecule has 0 N–H and O–H groups in total. The number of hydrogen-bond acceptors (Lipinski definition) is 1. The lowest BCUT2D eigenvalue weighted by Crippen LogP contribution is -2.31. The molecule has 0 spiro atoms. The van der Waals surface area contributed by atoms with E-state index in [0.29, 0.717) is 13.0 Å². The van der Waals surface area contributed by atoms with Gasteiger partial charge >= 0.3 is 0 Å². The molecule has 0 bridgehead atoms. The zero-order valence-electron chi connectivity index (χ0n) is 15.4. The number of rotatable bonds is 5. The van der Waals surface area contributed by atoms with E-state index in [9.17, 15) is 4.79 Å². The van der Waals surface area contributed by atoms with Crippen LogP contribution in [0.25, 0.3) is 10.9 Å². The van der Waals surface area contributed by atoms with Crippen LogP contribution in [-0.2, 0) is 24.8 Å². The number of carbonyl (C=O) groups is 1. The van der Waals surface area contributed by atoms with E-state index in [4.69, 9.17) is 0 Å². The molecule has 3 nitrogen and oxygen atoms in total. The Morgan fingerprint density at radius 3 is 2.22 bits per heavy atom. The number of aromatic nitrogens is 1. The van der Waals surface area contributed by atoms with Gasteiger partial charge in [-0.15, -0.1) is 0 Å². The Kier molecular flexibility index (Phi) is 4.75. The average molecular weight is 354 g/mol. The van der Waals surface area contributed by atoms with E-state index in [1.54, 1.807) is 0 Å². The van der Waals surface area contributed by atoms with Crippen LogP contribution >= 0.6 is 0 Å². The van der Waals surface area contributed by atoms with Crippen molar-refractivity contribution in [2.45, 2.75) is 13.0 Å². The number of nitrogens with zero attached hydrogens (tertiary/aromatic N) is 2. The van der Waals surface area contributed by atoms with Gasteiger partial charge in [0.15, 0.2) is 0 Å². The van der Waals surface area contributed by atoms with E-state index in [0.717, 1.165) is 27.7 Å². The molecular formula is C24H22N2O. The van der Waals surface area contributed by atoms with Gasteiger partial charge in [0.1, 0.15) is 0 Å². The summed E-state index contributed by atoms with van der Waals surface area (Å²) in [6, 6.07) is 28.2. The smallest absolute Gasteiger partial charge is 0.231 e. The Morgan fingerprint density at radius 2 is 1.48 bits per heavy atom. The number of benzene rings is 3. The van der Waals surface area contributed by atoms with E-state index >= 15 is 0 Å². The van der Waals surface area contributed by atoms with Gasteiger partial charge in [-0.05, 0) is 29.3 Å². The Balaban J connectivity index is 1.66. The highest BCUT2D eigenvalue weighted by molar-refractivity contribution is 5.97. The molecule has 4 aromatic rings. The highest BCUT2D eigenvalue weighted by atomic mass is 16.2. The molecule has 0 saturated heterocycles. The maximum Gasteiger partial charge on any atom is 0.231 e. The maximum atomic E-state index is 13.3. The van der Waals surface area contributed by atoms with Gasteiger partial charge in [-0.25, -0.2) is 0 Å². The molecule has 0 aliphatic carbocycles. The van der Waals surface area contributed by atoms with Gasteiger partial charge in [-0.3, -0.25) is 4.79 Å². The molecule has 3 heteroatoms. The minimum atomic E-state index is 0.0985. The van der Waals surface area contributed by atoms with Gasteiger partial charge in [-0.1, -0.05) is 66.7 Å². The van der Waals surface area contributed by atoms with Crippen LogP contribution in [-0.4, -0.2) is 10.5 Å².